The number of amides is 1. The highest BCUT2D eigenvalue weighted by Crippen LogP contribution is 2.18. The van der Waals surface area contributed by atoms with Crippen molar-refractivity contribution in [3.8, 4) is 6.07 Å². The summed E-state index contributed by atoms with van der Waals surface area (Å²) in [7, 11) is 0. The number of anilines is 1. The van der Waals surface area contributed by atoms with Gasteiger partial charge in [0.2, 0.25) is 0 Å². The monoisotopic (exact) mass is 395 g/mol. The third-order valence-corrected chi connectivity index (χ3v) is 4.50. The van der Waals surface area contributed by atoms with E-state index in [1.165, 1.54) is 23.5 Å². The lowest BCUT2D eigenvalue weighted by molar-refractivity contribution is -0.144. The predicted molar refractivity (Wildman–Crippen MR) is 101 cm³/mol. The number of hydrogen-bond donors (Lipinski definition) is 1. The minimum absolute atomic E-state index is 0.114. The summed E-state index contributed by atoms with van der Waals surface area (Å²) in [5.41, 5.74) is 1.34. The Morgan fingerprint density at radius 3 is 2.75 bits per heavy atom. The molecule has 1 heterocycles. The van der Waals surface area contributed by atoms with Crippen LogP contribution < -0.4 is 5.32 Å². The Morgan fingerprint density at radius 1 is 1.21 bits per heavy atom. The molecular formula is C20H14FN3O3S. The highest BCUT2D eigenvalue weighted by Gasteiger charge is 2.13. The first-order valence-corrected chi connectivity index (χ1v) is 9.08. The average molecular weight is 395 g/mol. The highest BCUT2D eigenvalue weighted by molar-refractivity contribution is 7.14. The topological polar surface area (TPSA) is 92.1 Å². The van der Waals surface area contributed by atoms with Crippen molar-refractivity contribution in [2.75, 3.05) is 5.32 Å². The standard InChI is InChI=1S/C20H14FN3O3S/c21-17-7-6-13(10-22)8-15(17)11-27-18(25)9-16-12-28-20(23-16)24-19(26)14-4-2-1-3-5-14/h1-8,12H,9,11H2,(H,23,24,26). The number of hydrogen-bond acceptors (Lipinski definition) is 6. The SMILES string of the molecule is N#Cc1ccc(F)c(COC(=O)Cc2csc(NC(=O)c3ccccc3)n2)c1. The third-order valence-electron chi connectivity index (χ3n) is 3.70. The van der Waals surface area contributed by atoms with Gasteiger partial charge in [-0.2, -0.15) is 5.26 Å². The number of carbonyl (C=O) groups is 2. The first-order valence-electron chi connectivity index (χ1n) is 8.20. The van der Waals surface area contributed by atoms with Gasteiger partial charge in [0, 0.05) is 16.5 Å². The number of thiazole rings is 1. The van der Waals surface area contributed by atoms with Crippen molar-refractivity contribution >= 4 is 28.3 Å². The molecular weight excluding hydrogens is 381 g/mol. The zero-order valence-electron chi connectivity index (χ0n) is 14.5. The lowest BCUT2D eigenvalue weighted by Crippen LogP contribution is -2.12. The van der Waals surface area contributed by atoms with E-state index in [1.54, 1.807) is 29.6 Å². The molecule has 1 aromatic heterocycles. The number of rotatable bonds is 6. The Bertz CT molecular complexity index is 1040. The molecule has 8 heteroatoms. The normalized spacial score (nSPS) is 10.1. The van der Waals surface area contributed by atoms with Crippen molar-refractivity contribution in [3.05, 3.63) is 82.1 Å². The molecule has 140 valence electrons. The molecule has 2 aromatic carbocycles. The van der Waals surface area contributed by atoms with Gasteiger partial charge in [-0.1, -0.05) is 18.2 Å². The number of esters is 1. The summed E-state index contributed by atoms with van der Waals surface area (Å²) < 4.78 is 18.8. The molecule has 0 aliphatic heterocycles. The number of halogens is 1. The lowest BCUT2D eigenvalue weighted by atomic mass is 10.1. The molecule has 0 saturated carbocycles. The Labute approximate surface area is 164 Å². The van der Waals surface area contributed by atoms with E-state index in [4.69, 9.17) is 10.00 Å². The number of nitrogens with zero attached hydrogens (tertiary/aromatic N) is 2. The van der Waals surface area contributed by atoms with E-state index in [1.807, 2.05) is 12.1 Å². The Hall–Kier alpha value is -3.57. The molecule has 3 aromatic rings. The molecule has 0 unspecified atom stereocenters. The second-order valence-corrected chi connectivity index (χ2v) is 6.58. The fourth-order valence-corrected chi connectivity index (χ4v) is 3.02. The van der Waals surface area contributed by atoms with Crippen LogP contribution in [0.15, 0.2) is 53.9 Å². The Kier molecular flexibility index (Phi) is 6.09. The third kappa shape index (κ3) is 4.99. The highest BCUT2D eigenvalue weighted by atomic mass is 32.1. The van der Waals surface area contributed by atoms with Crippen LogP contribution in [0.4, 0.5) is 9.52 Å². The Balaban J connectivity index is 1.54. The van der Waals surface area contributed by atoms with E-state index in [2.05, 4.69) is 10.3 Å². The maximum atomic E-state index is 13.7. The molecule has 0 radical (unpaired) electrons. The van der Waals surface area contributed by atoms with E-state index in [-0.39, 0.29) is 30.1 Å². The van der Waals surface area contributed by atoms with Crippen LogP contribution in [0.25, 0.3) is 0 Å². The van der Waals surface area contributed by atoms with Crippen LogP contribution in [0.1, 0.15) is 27.2 Å². The van der Waals surface area contributed by atoms with E-state index >= 15 is 0 Å². The van der Waals surface area contributed by atoms with Crippen LogP contribution in [0.5, 0.6) is 0 Å². The van der Waals surface area contributed by atoms with Gasteiger partial charge in [0.15, 0.2) is 5.13 Å². The summed E-state index contributed by atoms with van der Waals surface area (Å²) in [5.74, 6) is -1.43. The number of ether oxygens (including phenoxy) is 1. The summed E-state index contributed by atoms with van der Waals surface area (Å²) in [6.07, 6.45) is -0.114. The molecule has 1 amide bonds. The second-order valence-electron chi connectivity index (χ2n) is 5.72. The maximum absolute atomic E-state index is 13.7. The average Bonchev–Trinajstić information content (AvgIpc) is 3.14. The van der Waals surface area contributed by atoms with Crippen LogP contribution in [0.2, 0.25) is 0 Å². The van der Waals surface area contributed by atoms with Gasteiger partial charge >= 0.3 is 5.97 Å². The zero-order chi connectivity index (χ0) is 19.9. The van der Waals surface area contributed by atoms with E-state index in [0.717, 1.165) is 6.07 Å². The van der Waals surface area contributed by atoms with Crippen molar-refractivity contribution in [1.82, 2.24) is 4.98 Å². The summed E-state index contributed by atoms with van der Waals surface area (Å²) in [6.45, 7) is -0.276. The van der Waals surface area contributed by atoms with Gasteiger partial charge in [-0.25, -0.2) is 9.37 Å². The number of carbonyl (C=O) groups excluding carboxylic acids is 2. The lowest BCUT2D eigenvalue weighted by Gasteiger charge is -2.05. The van der Waals surface area contributed by atoms with Crippen LogP contribution in [-0.2, 0) is 22.6 Å². The molecule has 28 heavy (non-hydrogen) atoms. The number of benzene rings is 2. The molecule has 0 atom stereocenters. The molecule has 6 nitrogen and oxygen atoms in total. The predicted octanol–water partition coefficient (Wildman–Crippen LogP) is 3.69. The molecule has 3 rings (SSSR count). The van der Waals surface area contributed by atoms with Crippen molar-refractivity contribution < 1.29 is 18.7 Å². The van der Waals surface area contributed by atoms with Crippen LogP contribution in [-0.4, -0.2) is 16.9 Å². The van der Waals surface area contributed by atoms with Gasteiger partial charge in [0.05, 0.1) is 23.7 Å². The molecule has 1 N–H and O–H groups in total. The van der Waals surface area contributed by atoms with E-state index in [9.17, 15) is 14.0 Å². The van der Waals surface area contributed by atoms with Gasteiger partial charge < -0.3 is 4.74 Å². The molecule has 0 saturated heterocycles. The molecule has 0 bridgehead atoms. The van der Waals surface area contributed by atoms with Crippen molar-refractivity contribution in [2.24, 2.45) is 0 Å². The molecule has 0 fully saturated rings. The van der Waals surface area contributed by atoms with Gasteiger partial charge in [0.1, 0.15) is 12.4 Å². The van der Waals surface area contributed by atoms with Crippen LogP contribution in [0, 0.1) is 17.1 Å². The van der Waals surface area contributed by atoms with Crippen molar-refractivity contribution in [1.29, 1.82) is 5.26 Å². The maximum Gasteiger partial charge on any atom is 0.312 e. The minimum atomic E-state index is -0.590. The Morgan fingerprint density at radius 2 is 2.00 bits per heavy atom. The first-order chi connectivity index (χ1) is 13.5. The van der Waals surface area contributed by atoms with Gasteiger partial charge in [-0.15, -0.1) is 11.3 Å². The largest absolute Gasteiger partial charge is 0.460 e. The second kappa shape index (κ2) is 8.88. The zero-order valence-corrected chi connectivity index (χ0v) is 15.3. The number of aromatic nitrogens is 1. The quantitative estimate of drug-likeness (QED) is 0.643. The summed E-state index contributed by atoms with van der Waals surface area (Å²) in [5, 5.41) is 13.5. The van der Waals surface area contributed by atoms with Crippen LogP contribution >= 0.6 is 11.3 Å². The van der Waals surface area contributed by atoms with Crippen LogP contribution in [0.3, 0.4) is 0 Å². The minimum Gasteiger partial charge on any atom is -0.460 e. The molecule has 0 aliphatic carbocycles. The smallest absolute Gasteiger partial charge is 0.312 e. The molecule has 0 spiro atoms. The summed E-state index contributed by atoms with van der Waals surface area (Å²) in [6, 6.07) is 14.4. The van der Waals surface area contributed by atoms with E-state index in [0.29, 0.717) is 16.4 Å². The number of nitrogens with one attached hydrogen (secondary N) is 1. The van der Waals surface area contributed by atoms with Crippen molar-refractivity contribution in [2.45, 2.75) is 13.0 Å². The first kappa shape index (κ1) is 19.2. The summed E-state index contributed by atoms with van der Waals surface area (Å²) in [4.78, 5) is 28.3. The fraction of sp³-hybridized carbons (Fsp3) is 0.100. The van der Waals surface area contributed by atoms with Gasteiger partial charge in [0.25, 0.3) is 5.91 Å². The fourth-order valence-electron chi connectivity index (χ4n) is 2.32. The van der Waals surface area contributed by atoms with Gasteiger partial charge in [-0.3, -0.25) is 14.9 Å². The van der Waals surface area contributed by atoms with E-state index < -0.39 is 11.8 Å². The summed E-state index contributed by atoms with van der Waals surface area (Å²) >= 11 is 1.19. The van der Waals surface area contributed by atoms with Gasteiger partial charge in [-0.05, 0) is 30.3 Å². The molecule has 0 aliphatic rings. The van der Waals surface area contributed by atoms with Crippen molar-refractivity contribution in [3.63, 3.8) is 0 Å². The number of nitriles is 1.